The van der Waals surface area contributed by atoms with Gasteiger partial charge in [0.1, 0.15) is 0 Å². The van der Waals surface area contributed by atoms with Crippen molar-refractivity contribution in [3.05, 3.63) is 0 Å². The number of carbonyl (C=O) groups excluding carboxylic acids is 2. The van der Waals surface area contributed by atoms with E-state index < -0.39 is 0 Å². The molecule has 0 aromatic heterocycles. The number of piperidine rings is 1. The molecule has 20 heavy (non-hydrogen) atoms. The molecule has 2 rings (SSSR count). The fourth-order valence-electron chi connectivity index (χ4n) is 2.71. The van der Waals surface area contributed by atoms with Crippen LogP contribution in [0.1, 0.15) is 32.6 Å². The number of nitrogens with zero attached hydrogens (tertiary/aromatic N) is 1. The van der Waals surface area contributed by atoms with Crippen molar-refractivity contribution in [1.82, 2.24) is 15.5 Å². The molecule has 0 aromatic rings. The van der Waals surface area contributed by atoms with E-state index in [2.05, 4.69) is 22.5 Å². The van der Waals surface area contributed by atoms with E-state index in [4.69, 9.17) is 5.73 Å². The normalized spacial score (nSPS) is 26.5. The maximum Gasteiger partial charge on any atom is 0.321 e. The van der Waals surface area contributed by atoms with Crippen molar-refractivity contribution in [3.63, 3.8) is 0 Å². The summed E-state index contributed by atoms with van der Waals surface area (Å²) in [6.07, 6.45) is 4.27. The van der Waals surface area contributed by atoms with Gasteiger partial charge in [-0.15, -0.1) is 12.4 Å². The number of hydrogen-bond donors (Lipinski definition) is 3. The molecule has 1 saturated carbocycles. The average Bonchev–Trinajstić information content (AvgIpc) is 3.12. The van der Waals surface area contributed by atoms with Crippen LogP contribution in [0.5, 0.6) is 0 Å². The van der Waals surface area contributed by atoms with Gasteiger partial charge in [0, 0.05) is 18.6 Å². The van der Waals surface area contributed by atoms with Gasteiger partial charge in [0.25, 0.3) is 0 Å². The summed E-state index contributed by atoms with van der Waals surface area (Å²) in [4.78, 5) is 25.4. The first-order chi connectivity index (χ1) is 9.10. The first kappa shape index (κ1) is 17.2. The number of nitrogens with one attached hydrogen (secondary N) is 2. The molecule has 1 heterocycles. The smallest absolute Gasteiger partial charge is 0.321 e. The Kier molecular flexibility index (Phi) is 6.71. The number of nitrogens with two attached hydrogens (primary N) is 1. The maximum atomic E-state index is 11.8. The van der Waals surface area contributed by atoms with Gasteiger partial charge < -0.3 is 11.1 Å². The first-order valence-corrected chi connectivity index (χ1v) is 7.14. The van der Waals surface area contributed by atoms with E-state index in [9.17, 15) is 9.59 Å². The van der Waals surface area contributed by atoms with Gasteiger partial charge in [0.05, 0.1) is 6.54 Å². The van der Waals surface area contributed by atoms with Gasteiger partial charge in [-0.1, -0.05) is 6.92 Å². The highest BCUT2D eigenvalue weighted by Crippen LogP contribution is 2.22. The van der Waals surface area contributed by atoms with Crippen LogP contribution in [0, 0.1) is 5.92 Å². The zero-order valence-corrected chi connectivity index (χ0v) is 12.7. The Balaban J connectivity index is 0.00000200. The lowest BCUT2D eigenvalue weighted by Crippen LogP contribution is -2.53. The molecule has 6 nitrogen and oxygen atoms in total. The minimum Gasteiger partial charge on any atom is -0.335 e. The fourth-order valence-corrected chi connectivity index (χ4v) is 2.71. The number of carbonyl (C=O) groups is 2. The lowest BCUT2D eigenvalue weighted by molar-refractivity contribution is -0.122. The van der Waals surface area contributed by atoms with Crippen molar-refractivity contribution >= 4 is 24.3 Å². The van der Waals surface area contributed by atoms with E-state index in [0.29, 0.717) is 12.5 Å². The summed E-state index contributed by atoms with van der Waals surface area (Å²) in [5.74, 6) is 0.262. The van der Waals surface area contributed by atoms with Crippen LogP contribution >= 0.6 is 12.4 Å². The predicted molar refractivity (Wildman–Crippen MR) is 79.8 cm³/mol. The van der Waals surface area contributed by atoms with Crippen LogP contribution in [-0.4, -0.2) is 48.6 Å². The van der Waals surface area contributed by atoms with E-state index in [1.165, 1.54) is 0 Å². The second kappa shape index (κ2) is 7.81. The number of imide groups is 1. The summed E-state index contributed by atoms with van der Waals surface area (Å²) < 4.78 is 0. The van der Waals surface area contributed by atoms with E-state index in [1.807, 2.05) is 0 Å². The Labute approximate surface area is 126 Å². The Morgan fingerprint density at radius 2 is 2.00 bits per heavy atom. The second-order valence-electron chi connectivity index (χ2n) is 5.69. The largest absolute Gasteiger partial charge is 0.335 e. The molecule has 0 radical (unpaired) electrons. The molecule has 2 unspecified atom stereocenters. The Bertz CT molecular complexity index is 349. The first-order valence-electron chi connectivity index (χ1n) is 7.14. The molecule has 2 fully saturated rings. The van der Waals surface area contributed by atoms with Crippen molar-refractivity contribution in [2.24, 2.45) is 11.7 Å². The van der Waals surface area contributed by atoms with Crippen LogP contribution in [0.3, 0.4) is 0 Å². The predicted octanol–water partition coefficient (Wildman–Crippen LogP) is 0.456. The van der Waals surface area contributed by atoms with Crippen LogP contribution < -0.4 is 16.4 Å². The highest BCUT2D eigenvalue weighted by atomic mass is 35.5. The van der Waals surface area contributed by atoms with Gasteiger partial charge in [-0.25, -0.2) is 4.79 Å². The summed E-state index contributed by atoms with van der Waals surface area (Å²) in [6, 6.07) is 0.132. The summed E-state index contributed by atoms with van der Waals surface area (Å²) in [5, 5.41) is 5.13. The average molecular weight is 305 g/mol. The molecule has 0 aromatic carbocycles. The third kappa shape index (κ3) is 4.92. The molecule has 116 valence electrons. The van der Waals surface area contributed by atoms with Crippen molar-refractivity contribution in [2.75, 3.05) is 19.6 Å². The highest BCUT2D eigenvalue weighted by molar-refractivity contribution is 5.95. The zero-order valence-electron chi connectivity index (χ0n) is 11.9. The van der Waals surface area contributed by atoms with Crippen molar-refractivity contribution in [2.45, 2.75) is 44.7 Å². The molecule has 0 bridgehead atoms. The second-order valence-corrected chi connectivity index (χ2v) is 5.69. The van der Waals surface area contributed by atoms with Crippen LogP contribution in [0.25, 0.3) is 0 Å². The number of rotatable bonds is 4. The van der Waals surface area contributed by atoms with Gasteiger partial charge in [-0.05, 0) is 38.1 Å². The molecule has 2 aliphatic rings. The lowest BCUT2D eigenvalue weighted by atomic mass is 9.91. The standard InChI is InChI=1S/C13H24N4O2.ClH/c1-9-3-2-6-17(11(9)7-14)8-12(18)16-13(19)15-10-4-5-10;/h9-11H,2-8,14H2,1H3,(H2,15,16,18,19);1H. The van der Waals surface area contributed by atoms with Crippen LogP contribution in [-0.2, 0) is 4.79 Å². The van der Waals surface area contributed by atoms with Crippen molar-refractivity contribution in [1.29, 1.82) is 0 Å². The summed E-state index contributed by atoms with van der Waals surface area (Å²) in [7, 11) is 0. The molecular weight excluding hydrogens is 280 g/mol. The van der Waals surface area contributed by atoms with Crippen LogP contribution in [0.2, 0.25) is 0 Å². The van der Waals surface area contributed by atoms with Crippen molar-refractivity contribution < 1.29 is 9.59 Å². The van der Waals surface area contributed by atoms with Crippen molar-refractivity contribution in [3.8, 4) is 0 Å². The fraction of sp³-hybridized carbons (Fsp3) is 0.846. The zero-order chi connectivity index (χ0) is 13.8. The van der Waals surface area contributed by atoms with E-state index in [-0.39, 0.29) is 43.0 Å². The van der Waals surface area contributed by atoms with E-state index in [1.54, 1.807) is 0 Å². The molecule has 1 aliphatic carbocycles. The molecule has 1 aliphatic heterocycles. The Morgan fingerprint density at radius 1 is 1.30 bits per heavy atom. The van der Waals surface area contributed by atoms with Crippen LogP contribution in [0.15, 0.2) is 0 Å². The maximum absolute atomic E-state index is 11.8. The number of urea groups is 1. The Hall–Kier alpha value is -0.850. The number of hydrogen-bond acceptors (Lipinski definition) is 4. The van der Waals surface area contributed by atoms with Gasteiger partial charge >= 0.3 is 6.03 Å². The molecule has 2 atom stereocenters. The number of likely N-dealkylation sites (tertiary alicyclic amines) is 1. The summed E-state index contributed by atoms with van der Waals surface area (Å²) >= 11 is 0. The molecule has 4 N–H and O–H groups in total. The van der Waals surface area contributed by atoms with Gasteiger partial charge in [0.15, 0.2) is 0 Å². The minimum absolute atomic E-state index is 0. The SMILES string of the molecule is CC1CCCN(CC(=O)NC(=O)NC2CC2)C1CN.Cl. The van der Waals surface area contributed by atoms with Crippen LogP contribution in [0.4, 0.5) is 4.79 Å². The third-order valence-corrected chi connectivity index (χ3v) is 3.98. The topological polar surface area (TPSA) is 87.5 Å². The minimum atomic E-state index is -0.373. The molecular formula is C13H25ClN4O2. The number of amides is 3. The summed E-state index contributed by atoms with van der Waals surface area (Å²) in [6.45, 7) is 3.86. The molecule has 3 amide bonds. The van der Waals surface area contributed by atoms with E-state index >= 15 is 0 Å². The van der Waals surface area contributed by atoms with Gasteiger partial charge in [-0.2, -0.15) is 0 Å². The molecule has 0 spiro atoms. The third-order valence-electron chi connectivity index (χ3n) is 3.98. The monoisotopic (exact) mass is 304 g/mol. The highest BCUT2D eigenvalue weighted by Gasteiger charge is 2.29. The lowest BCUT2D eigenvalue weighted by Gasteiger charge is -2.38. The molecule has 1 saturated heterocycles. The quantitative estimate of drug-likeness (QED) is 0.704. The van der Waals surface area contributed by atoms with E-state index in [0.717, 1.165) is 32.2 Å². The Morgan fingerprint density at radius 3 is 2.60 bits per heavy atom. The summed E-state index contributed by atoms with van der Waals surface area (Å²) in [5.41, 5.74) is 5.78. The van der Waals surface area contributed by atoms with Gasteiger partial charge in [0.2, 0.25) is 5.91 Å². The van der Waals surface area contributed by atoms with Gasteiger partial charge in [-0.3, -0.25) is 15.0 Å². The molecule has 7 heteroatoms. The number of halogens is 1.